The largest absolute Gasteiger partial charge is 0.497 e. The molecule has 24 heavy (non-hydrogen) atoms. The van der Waals surface area contributed by atoms with Gasteiger partial charge in [-0.3, -0.25) is 4.68 Å². The molecule has 3 rings (SSSR count). The van der Waals surface area contributed by atoms with Gasteiger partial charge in [0.25, 0.3) is 0 Å². The number of benzene rings is 2. The van der Waals surface area contributed by atoms with E-state index in [1.54, 1.807) is 7.11 Å². The lowest BCUT2D eigenvalue weighted by atomic mass is 10.1. The highest BCUT2D eigenvalue weighted by Crippen LogP contribution is 2.22. The van der Waals surface area contributed by atoms with Crippen molar-refractivity contribution >= 4 is 0 Å². The third kappa shape index (κ3) is 3.49. The van der Waals surface area contributed by atoms with Gasteiger partial charge in [-0.2, -0.15) is 5.10 Å². The predicted octanol–water partition coefficient (Wildman–Crippen LogP) is 3.55. The van der Waals surface area contributed by atoms with Gasteiger partial charge in [-0.25, -0.2) is 0 Å². The van der Waals surface area contributed by atoms with Crippen LogP contribution < -0.4 is 10.5 Å². The average Bonchev–Trinajstić information content (AvgIpc) is 3.05. The summed E-state index contributed by atoms with van der Waals surface area (Å²) in [5.41, 5.74) is 10.4. The fraction of sp³-hybridized carbons (Fsp3) is 0.250. The van der Waals surface area contributed by atoms with Crippen LogP contribution in [0.1, 0.15) is 35.5 Å². The Balaban J connectivity index is 1.90. The molecule has 1 atom stereocenters. The van der Waals surface area contributed by atoms with Crippen molar-refractivity contribution in [1.29, 1.82) is 0 Å². The lowest BCUT2D eigenvalue weighted by molar-refractivity contribution is 0.414. The van der Waals surface area contributed by atoms with Crippen molar-refractivity contribution in [2.75, 3.05) is 7.11 Å². The summed E-state index contributed by atoms with van der Waals surface area (Å²) in [7, 11) is 1.68. The van der Waals surface area contributed by atoms with Gasteiger partial charge < -0.3 is 10.5 Å². The molecule has 2 N–H and O–H groups in total. The number of nitrogens with two attached hydrogens (primary N) is 1. The van der Waals surface area contributed by atoms with Crippen LogP contribution in [0.4, 0.5) is 0 Å². The smallest absolute Gasteiger partial charge is 0.118 e. The van der Waals surface area contributed by atoms with Gasteiger partial charge in [0, 0.05) is 18.7 Å². The number of aromatic nitrogens is 2. The highest BCUT2D eigenvalue weighted by atomic mass is 16.5. The third-order valence-corrected chi connectivity index (χ3v) is 4.27. The maximum atomic E-state index is 5.81. The Kier molecular flexibility index (Phi) is 4.96. The van der Waals surface area contributed by atoms with Crippen LogP contribution in [-0.4, -0.2) is 16.9 Å². The average molecular weight is 321 g/mol. The molecule has 0 bridgehead atoms. The topological polar surface area (TPSA) is 53.1 Å². The van der Waals surface area contributed by atoms with Gasteiger partial charge in [0.2, 0.25) is 0 Å². The van der Waals surface area contributed by atoms with Crippen LogP contribution in [0, 0.1) is 0 Å². The quantitative estimate of drug-likeness (QED) is 0.755. The molecule has 1 unspecified atom stereocenters. The zero-order valence-corrected chi connectivity index (χ0v) is 14.1. The number of hydrogen-bond donors (Lipinski definition) is 1. The van der Waals surface area contributed by atoms with E-state index in [9.17, 15) is 0 Å². The molecule has 0 spiro atoms. The fourth-order valence-corrected chi connectivity index (χ4v) is 2.88. The summed E-state index contributed by atoms with van der Waals surface area (Å²) >= 11 is 0. The van der Waals surface area contributed by atoms with E-state index in [1.165, 1.54) is 11.1 Å². The molecule has 1 aromatic heterocycles. The number of ether oxygens (including phenoxy) is 1. The Morgan fingerprint density at radius 3 is 2.42 bits per heavy atom. The first-order chi connectivity index (χ1) is 11.7. The van der Waals surface area contributed by atoms with Gasteiger partial charge >= 0.3 is 0 Å². The third-order valence-electron chi connectivity index (χ3n) is 4.27. The van der Waals surface area contributed by atoms with Crippen molar-refractivity contribution in [2.24, 2.45) is 5.73 Å². The lowest BCUT2D eigenvalue weighted by Crippen LogP contribution is -2.13. The zero-order valence-electron chi connectivity index (χ0n) is 14.1. The number of methoxy groups -OCH3 is 1. The van der Waals surface area contributed by atoms with Crippen molar-refractivity contribution < 1.29 is 4.74 Å². The minimum atomic E-state index is 0.166. The molecule has 0 aliphatic carbocycles. The van der Waals surface area contributed by atoms with Gasteiger partial charge in [-0.15, -0.1) is 0 Å². The molecule has 0 amide bonds. The molecule has 1 heterocycles. The van der Waals surface area contributed by atoms with Crippen LogP contribution in [-0.2, 0) is 13.0 Å². The van der Waals surface area contributed by atoms with E-state index < -0.39 is 0 Å². The summed E-state index contributed by atoms with van der Waals surface area (Å²) in [6, 6.07) is 20.8. The zero-order chi connectivity index (χ0) is 16.9. The standard InChI is InChI=1S/C20H23N3O/c1-15(17-6-4-3-5-7-17)23-19(13-18(14-21)22-23)12-16-8-10-20(24-2)11-9-16/h3-11,13,15H,12,14,21H2,1-2H3. The molecule has 0 aliphatic heterocycles. The van der Waals surface area contributed by atoms with E-state index in [0.717, 1.165) is 23.6 Å². The molecule has 0 saturated carbocycles. The summed E-state index contributed by atoms with van der Waals surface area (Å²) in [5, 5.41) is 4.70. The Morgan fingerprint density at radius 2 is 1.79 bits per heavy atom. The summed E-state index contributed by atoms with van der Waals surface area (Å²) in [4.78, 5) is 0. The second-order valence-electron chi connectivity index (χ2n) is 5.89. The number of nitrogens with zero attached hydrogens (tertiary/aromatic N) is 2. The fourth-order valence-electron chi connectivity index (χ4n) is 2.88. The van der Waals surface area contributed by atoms with Crippen LogP contribution in [0.3, 0.4) is 0 Å². The molecular weight excluding hydrogens is 298 g/mol. The first-order valence-corrected chi connectivity index (χ1v) is 8.16. The Morgan fingerprint density at radius 1 is 1.08 bits per heavy atom. The van der Waals surface area contributed by atoms with Crippen LogP contribution >= 0.6 is 0 Å². The second-order valence-corrected chi connectivity index (χ2v) is 5.89. The lowest BCUT2D eigenvalue weighted by Gasteiger charge is -2.16. The molecule has 0 aliphatic rings. The first-order valence-electron chi connectivity index (χ1n) is 8.16. The van der Waals surface area contributed by atoms with E-state index in [2.05, 4.69) is 54.1 Å². The molecule has 4 heteroatoms. The van der Waals surface area contributed by atoms with Crippen molar-refractivity contribution in [3.63, 3.8) is 0 Å². The highest BCUT2D eigenvalue weighted by molar-refractivity contribution is 5.31. The van der Waals surface area contributed by atoms with Crippen LogP contribution in [0.15, 0.2) is 60.7 Å². The van der Waals surface area contributed by atoms with Crippen LogP contribution in [0.5, 0.6) is 5.75 Å². The van der Waals surface area contributed by atoms with Gasteiger partial charge in [-0.1, -0.05) is 42.5 Å². The summed E-state index contributed by atoms with van der Waals surface area (Å²) in [6.07, 6.45) is 0.814. The summed E-state index contributed by atoms with van der Waals surface area (Å²) in [5.74, 6) is 0.868. The van der Waals surface area contributed by atoms with Crippen molar-refractivity contribution in [2.45, 2.75) is 25.9 Å². The molecule has 124 valence electrons. The van der Waals surface area contributed by atoms with Gasteiger partial charge in [-0.05, 0) is 36.2 Å². The monoisotopic (exact) mass is 321 g/mol. The summed E-state index contributed by atoms with van der Waals surface area (Å²) in [6.45, 7) is 2.62. The molecular formula is C20H23N3O. The Hall–Kier alpha value is -2.59. The van der Waals surface area contributed by atoms with Gasteiger partial charge in [0.15, 0.2) is 0 Å². The molecule has 0 fully saturated rings. The minimum absolute atomic E-state index is 0.166. The van der Waals surface area contributed by atoms with E-state index in [4.69, 9.17) is 15.6 Å². The maximum absolute atomic E-state index is 5.81. The minimum Gasteiger partial charge on any atom is -0.497 e. The normalized spacial score (nSPS) is 12.1. The summed E-state index contributed by atoms with van der Waals surface area (Å²) < 4.78 is 7.31. The highest BCUT2D eigenvalue weighted by Gasteiger charge is 2.15. The van der Waals surface area contributed by atoms with E-state index >= 15 is 0 Å². The Bertz CT molecular complexity index is 778. The molecule has 0 radical (unpaired) electrons. The van der Waals surface area contributed by atoms with E-state index in [0.29, 0.717) is 6.54 Å². The van der Waals surface area contributed by atoms with Crippen LogP contribution in [0.25, 0.3) is 0 Å². The SMILES string of the molecule is COc1ccc(Cc2cc(CN)nn2C(C)c2ccccc2)cc1. The van der Waals surface area contributed by atoms with E-state index in [1.807, 2.05) is 18.2 Å². The molecule has 0 saturated heterocycles. The van der Waals surface area contributed by atoms with E-state index in [-0.39, 0.29) is 6.04 Å². The Labute approximate surface area is 142 Å². The second kappa shape index (κ2) is 7.32. The van der Waals surface area contributed by atoms with Crippen LogP contribution in [0.2, 0.25) is 0 Å². The number of rotatable bonds is 6. The number of hydrogen-bond acceptors (Lipinski definition) is 3. The van der Waals surface area contributed by atoms with Gasteiger partial charge in [0.1, 0.15) is 5.75 Å². The van der Waals surface area contributed by atoms with Crippen molar-refractivity contribution in [3.8, 4) is 5.75 Å². The van der Waals surface area contributed by atoms with Gasteiger partial charge in [0.05, 0.1) is 18.8 Å². The molecule has 4 nitrogen and oxygen atoms in total. The predicted molar refractivity (Wildman–Crippen MR) is 96.2 cm³/mol. The van der Waals surface area contributed by atoms with Crippen molar-refractivity contribution in [3.05, 3.63) is 83.2 Å². The maximum Gasteiger partial charge on any atom is 0.118 e. The molecule has 2 aromatic carbocycles. The van der Waals surface area contributed by atoms with Crippen molar-refractivity contribution in [1.82, 2.24) is 9.78 Å². The first kappa shape index (κ1) is 16.3. The molecule has 3 aromatic rings.